The van der Waals surface area contributed by atoms with Crippen molar-refractivity contribution in [3.05, 3.63) is 47.8 Å². The molecular formula is C22H24N6O2S. The number of nitrogens with two attached hydrogens (primary N) is 1. The van der Waals surface area contributed by atoms with Gasteiger partial charge in [-0.3, -0.25) is 19.6 Å². The van der Waals surface area contributed by atoms with Gasteiger partial charge >= 0.3 is 6.03 Å². The Hall–Kier alpha value is -3.04. The van der Waals surface area contributed by atoms with Crippen LogP contribution in [0.15, 0.2) is 36.5 Å². The van der Waals surface area contributed by atoms with E-state index in [0.717, 1.165) is 41.9 Å². The molecule has 0 bridgehead atoms. The molecule has 3 heterocycles. The Kier molecular flexibility index (Phi) is 4.67. The first-order valence-electron chi connectivity index (χ1n) is 10.5. The number of aryl methyl sites for hydroxylation is 1. The fourth-order valence-electron chi connectivity index (χ4n) is 4.63. The van der Waals surface area contributed by atoms with Crippen LogP contribution in [-0.2, 0) is 11.3 Å². The summed E-state index contributed by atoms with van der Waals surface area (Å²) in [6.07, 6.45) is 4.16. The number of hydrogen-bond acceptors (Lipinski definition) is 5. The van der Waals surface area contributed by atoms with E-state index in [1.807, 2.05) is 42.2 Å². The van der Waals surface area contributed by atoms with Crippen LogP contribution in [0.1, 0.15) is 30.5 Å². The highest BCUT2D eigenvalue weighted by Crippen LogP contribution is 2.48. The smallest absolute Gasteiger partial charge is 0.321 e. The van der Waals surface area contributed by atoms with Crippen LogP contribution in [0.4, 0.5) is 21.9 Å². The number of carbonyl (C=O) groups excluding carboxylic acids is 2. The molecule has 1 aliphatic carbocycles. The largest absolute Gasteiger partial charge is 0.336 e. The van der Waals surface area contributed by atoms with Crippen LogP contribution in [-0.4, -0.2) is 40.7 Å². The highest BCUT2D eigenvalue weighted by Gasteiger charge is 2.59. The summed E-state index contributed by atoms with van der Waals surface area (Å²) < 4.78 is 0. The molecule has 5 rings (SSSR count). The molecule has 0 atom stereocenters. The maximum atomic E-state index is 13.6. The topological polar surface area (TPSA) is 94.8 Å². The van der Waals surface area contributed by atoms with Crippen molar-refractivity contribution >= 4 is 46.3 Å². The Balaban J connectivity index is 1.50. The van der Waals surface area contributed by atoms with Gasteiger partial charge in [-0.05, 0) is 74.3 Å². The molecule has 0 unspecified atom stereocenters. The Labute approximate surface area is 186 Å². The summed E-state index contributed by atoms with van der Waals surface area (Å²) in [5.74, 6) is -0.00607. The van der Waals surface area contributed by atoms with E-state index in [0.29, 0.717) is 30.4 Å². The number of urea groups is 1. The van der Waals surface area contributed by atoms with Gasteiger partial charge < -0.3 is 16.0 Å². The lowest BCUT2D eigenvalue weighted by molar-refractivity contribution is -0.123. The number of hydrogen-bond donors (Lipinski definition) is 2. The van der Waals surface area contributed by atoms with Gasteiger partial charge in [0.1, 0.15) is 5.54 Å². The van der Waals surface area contributed by atoms with Gasteiger partial charge in [-0.2, -0.15) is 0 Å². The third kappa shape index (κ3) is 2.91. The maximum Gasteiger partial charge on any atom is 0.321 e. The Morgan fingerprint density at radius 1 is 1.16 bits per heavy atom. The number of nitrogens with one attached hydrogen (secondary N) is 1. The van der Waals surface area contributed by atoms with Crippen LogP contribution in [0.2, 0.25) is 0 Å². The summed E-state index contributed by atoms with van der Waals surface area (Å²) in [4.78, 5) is 35.2. The fourth-order valence-corrected chi connectivity index (χ4v) is 5.10. The number of aromatic nitrogens is 1. The second kappa shape index (κ2) is 7.28. The van der Waals surface area contributed by atoms with Crippen molar-refractivity contribution in [2.24, 2.45) is 5.73 Å². The van der Waals surface area contributed by atoms with Crippen LogP contribution >= 0.6 is 12.2 Å². The third-order valence-corrected chi connectivity index (χ3v) is 6.86. The van der Waals surface area contributed by atoms with Gasteiger partial charge in [0.05, 0.1) is 17.6 Å². The van der Waals surface area contributed by atoms with Crippen molar-refractivity contribution in [3.63, 3.8) is 0 Å². The van der Waals surface area contributed by atoms with E-state index in [1.165, 1.54) is 0 Å². The maximum absolute atomic E-state index is 13.6. The molecule has 0 radical (unpaired) electrons. The molecule has 3 aliphatic rings. The molecule has 3 N–H and O–H groups in total. The molecule has 1 spiro atoms. The van der Waals surface area contributed by atoms with Crippen molar-refractivity contribution in [2.45, 2.75) is 38.3 Å². The van der Waals surface area contributed by atoms with Crippen LogP contribution in [0.25, 0.3) is 0 Å². The SMILES string of the molecule is Cc1cc(N2C(=O)C3(CCC3)N(c3ccc(N4CCNC4=O)cc3)C2=S)cnc1CN. The minimum absolute atomic E-state index is 0.00607. The third-order valence-electron chi connectivity index (χ3n) is 6.49. The van der Waals surface area contributed by atoms with Gasteiger partial charge in [-0.15, -0.1) is 0 Å². The second-order valence-corrected chi connectivity index (χ2v) is 8.57. The molecule has 3 fully saturated rings. The monoisotopic (exact) mass is 436 g/mol. The average Bonchev–Trinajstić information content (AvgIpc) is 3.26. The standard InChI is InChI=1S/C22H24N6O2S/c1-14-11-17(13-25-18(14)12-23)27-19(29)22(7-2-8-22)28(21(27)31)16-5-3-15(4-6-16)26-10-9-24-20(26)30/h3-6,11,13H,2,7-10,12,23H2,1H3,(H,24,30). The fraction of sp³-hybridized carbons (Fsp3) is 0.364. The minimum atomic E-state index is -0.649. The van der Waals surface area contributed by atoms with E-state index >= 15 is 0 Å². The number of benzene rings is 1. The first-order chi connectivity index (χ1) is 15.0. The van der Waals surface area contributed by atoms with E-state index in [9.17, 15) is 9.59 Å². The summed E-state index contributed by atoms with van der Waals surface area (Å²) in [7, 11) is 0. The molecule has 8 nitrogen and oxygen atoms in total. The lowest BCUT2D eigenvalue weighted by Crippen LogP contribution is -2.55. The zero-order valence-corrected chi connectivity index (χ0v) is 18.1. The number of carbonyl (C=O) groups is 2. The van der Waals surface area contributed by atoms with E-state index in [2.05, 4.69) is 10.3 Å². The predicted octanol–water partition coefficient (Wildman–Crippen LogP) is 2.44. The molecule has 1 saturated carbocycles. The van der Waals surface area contributed by atoms with Gasteiger partial charge in [0.25, 0.3) is 5.91 Å². The van der Waals surface area contributed by atoms with Crippen molar-refractivity contribution in [1.82, 2.24) is 10.3 Å². The summed E-state index contributed by atoms with van der Waals surface area (Å²) >= 11 is 5.82. The van der Waals surface area contributed by atoms with Crippen molar-refractivity contribution in [2.75, 3.05) is 27.8 Å². The zero-order chi connectivity index (χ0) is 21.8. The minimum Gasteiger partial charge on any atom is -0.336 e. The predicted molar refractivity (Wildman–Crippen MR) is 123 cm³/mol. The number of thiocarbonyl (C=S) groups is 1. The van der Waals surface area contributed by atoms with Crippen molar-refractivity contribution < 1.29 is 9.59 Å². The number of amides is 3. The summed E-state index contributed by atoms with van der Waals surface area (Å²) in [5, 5.41) is 3.27. The van der Waals surface area contributed by atoms with Gasteiger partial charge in [-0.25, -0.2) is 4.79 Å². The second-order valence-electron chi connectivity index (χ2n) is 8.20. The van der Waals surface area contributed by atoms with Gasteiger partial charge in [0.2, 0.25) is 0 Å². The Bertz CT molecular complexity index is 1080. The normalized spacial score (nSPS) is 19.9. The number of nitrogens with zero attached hydrogens (tertiary/aromatic N) is 4. The van der Waals surface area contributed by atoms with E-state index < -0.39 is 5.54 Å². The average molecular weight is 437 g/mol. The lowest BCUT2D eigenvalue weighted by atomic mass is 9.75. The number of rotatable bonds is 4. The summed E-state index contributed by atoms with van der Waals surface area (Å²) in [6.45, 7) is 3.57. The molecule has 1 aromatic heterocycles. The quantitative estimate of drug-likeness (QED) is 0.715. The van der Waals surface area contributed by atoms with Gasteiger partial charge in [-0.1, -0.05) is 0 Å². The summed E-state index contributed by atoms with van der Waals surface area (Å²) in [6, 6.07) is 9.51. The molecule has 9 heteroatoms. The van der Waals surface area contributed by atoms with Crippen LogP contribution in [0.3, 0.4) is 0 Å². The van der Waals surface area contributed by atoms with Crippen LogP contribution in [0, 0.1) is 6.92 Å². The molecule has 31 heavy (non-hydrogen) atoms. The molecule has 2 saturated heterocycles. The first-order valence-corrected chi connectivity index (χ1v) is 10.9. The number of anilines is 3. The first kappa shape index (κ1) is 19.9. The van der Waals surface area contributed by atoms with Crippen LogP contribution in [0.5, 0.6) is 0 Å². The molecule has 160 valence electrons. The molecule has 2 aliphatic heterocycles. The highest BCUT2D eigenvalue weighted by atomic mass is 32.1. The Morgan fingerprint density at radius 2 is 1.87 bits per heavy atom. The van der Waals surface area contributed by atoms with E-state index in [1.54, 1.807) is 16.0 Å². The van der Waals surface area contributed by atoms with Gasteiger partial charge in [0, 0.05) is 31.0 Å². The summed E-state index contributed by atoms with van der Waals surface area (Å²) in [5.41, 5.74) is 9.18. The van der Waals surface area contributed by atoms with E-state index in [4.69, 9.17) is 18.0 Å². The molecule has 2 aromatic rings. The highest BCUT2D eigenvalue weighted by molar-refractivity contribution is 7.81. The zero-order valence-electron chi connectivity index (χ0n) is 17.3. The molecule has 3 amide bonds. The molecule has 1 aromatic carbocycles. The lowest BCUT2D eigenvalue weighted by Gasteiger charge is -2.43. The van der Waals surface area contributed by atoms with Crippen molar-refractivity contribution in [3.8, 4) is 0 Å². The van der Waals surface area contributed by atoms with Gasteiger partial charge in [0.15, 0.2) is 5.11 Å². The molecular weight excluding hydrogens is 412 g/mol. The van der Waals surface area contributed by atoms with Crippen LogP contribution < -0.4 is 25.8 Å². The number of pyridine rings is 1. The van der Waals surface area contributed by atoms with Crippen molar-refractivity contribution in [1.29, 1.82) is 0 Å². The van der Waals surface area contributed by atoms with E-state index in [-0.39, 0.29) is 11.9 Å². The Morgan fingerprint density at radius 3 is 2.42 bits per heavy atom.